The van der Waals surface area contributed by atoms with E-state index in [-0.39, 0.29) is 18.7 Å². The van der Waals surface area contributed by atoms with Crippen molar-refractivity contribution in [1.82, 2.24) is 10.6 Å². The first kappa shape index (κ1) is 16.2. The molecule has 0 unspecified atom stereocenters. The molecule has 1 saturated heterocycles. The van der Waals surface area contributed by atoms with E-state index in [4.69, 9.17) is 4.74 Å². The average molecular weight is 278 g/mol. The molecule has 0 bridgehead atoms. The molecule has 0 aromatic heterocycles. The maximum atomic E-state index is 11.6. The second-order valence-corrected chi connectivity index (χ2v) is 4.17. The van der Waals surface area contributed by atoms with Gasteiger partial charge in [0.05, 0.1) is 6.04 Å². The number of benzene rings is 1. The standard InChI is InChI=1S/C13H16N2O3.C2H6/c16-8-10-3-5-11(6-4-10)18-9-15-13(17)12-2-1-7-14-12;1-2/h3-6,8,12,14H,1-2,7,9H2,(H,15,17);1-2H3/t12-;/m0./s1. The zero-order chi connectivity index (χ0) is 14.8. The molecule has 2 rings (SSSR count). The van der Waals surface area contributed by atoms with Gasteiger partial charge < -0.3 is 15.4 Å². The second kappa shape index (κ2) is 9.09. The molecule has 5 heteroatoms. The number of hydrogen-bond acceptors (Lipinski definition) is 4. The third-order valence-electron chi connectivity index (χ3n) is 2.88. The Morgan fingerprint density at radius 3 is 2.65 bits per heavy atom. The van der Waals surface area contributed by atoms with Crippen molar-refractivity contribution in [1.29, 1.82) is 0 Å². The van der Waals surface area contributed by atoms with Crippen molar-refractivity contribution < 1.29 is 14.3 Å². The van der Waals surface area contributed by atoms with Gasteiger partial charge in [0.1, 0.15) is 12.0 Å². The topological polar surface area (TPSA) is 67.4 Å². The number of rotatable bonds is 5. The fraction of sp³-hybridized carbons (Fsp3) is 0.467. The lowest BCUT2D eigenvalue weighted by Gasteiger charge is -2.12. The Hall–Kier alpha value is -1.88. The van der Waals surface area contributed by atoms with Crippen molar-refractivity contribution in [3.8, 4) is 5.75 Å². The fourth-order valence-electron chi connectivity index (χ4n) is 1.86. The Labute approximate surface area is 119 Å². The van der Waals surface area contributed by atoms with E-state index in [0.717, 1.165) is 25.7 Å². The molecule has 1 aromatic carbocycles. The summed E-state index contributed by atoms with van der Waals surface area (Å²) >= 11 is 0. The highest BCUT2D eigenvalue weighted by Gasteiger charge is 2.21. The largest absolute Gasteiger partial charge is 0.473 e. The van der Waals surface area contributed by atoms with Crippen LogP contribution in [-0.4, -0.2) is 31.5 Å². The molecule has 1 fully saturated rings. The van der Waals surface area contributed by atoms with Crippen molar-refractivity contribution in [2.45, 2.75) is 32.7 Å². The van der Waals surface area contributed by atoms with E-state index in [9.17, 15) is 9.59 Å². The van der Waals surface area contributed by atoms with E-state index in [2.05, 4.69) is 10.6 Å². The van der Waals surface area contributed by atoms with E-state index in [1.807, 2.05) is 13.8 Å². The molecule has 5 nitrogen and oxygen atoms in total. The van der Waals surface area contributed by atoms with Crippen LogP contribution in [0.2, 0.25) is 0 Å². The zero-order valence-corrected chi connectivity index (χ0v) is 12.0. The van der Waals surface area contributed by atoms with Crippen LogP contribution >= 0.6 is 0 Å². The molecule has 110 valence electrons. The fourth-order valence-corrected chi connectivity index (χ4v) is 1.86. The van der Waals surface area contributed by atoms with Gasteiger partial charge in [-0.15, -0.1) is 0 Å². The summed E-state index contributed by atoms with van der Waals surface area (Å²) < 4.78 is 5.36. The molecule has 2 N–H and O–H groups in total. The molecule has 0 radical (unpaired) electrons. The van der Waals surface area contributed by atoms with Crippen LogP contribution in [0.25, 0.3) is 0 Å². The summed E-state index contributed by atoms with van der Waals surface area (Å²) in [5.74, 6) is 0.595. The predicted molar refractivity (Wildman–Crippen MR) is 77.8 cm³/mol. The van der Waals surface area contributed by atoms with E-state index >= 15 is 0 Å². The summed E-state index contributed by atoms with van der Waals surface area (Å²) in [6, 6.07) is 6.64. The van der Waals surface area contributed by atoms with Crippen molar-refractivity contribution in [3.63, 3.8) is 0 Å². The third-order valence-corrected chi connectivity index (χ3v) is 2.88. The molecular weight excluding hydrogens is 256 g/mol. The number of carbonyl (C=O) groups excluding carboxylic acids is 2. The zero-order valence-electron chi connectivity index (χ0n) is 12.0. The Bertz CT molecular complexity index is 412. The molecule has 1 aliphatic heterocycles. The second-order valence-electron chi connectivity index (χ2n) is 4.17. The first-order valence-corrected chi connectivity index (χ1v) is 6.99. The van der Waals surface area contributed by atoms with Crippen LogP contribution in [0, 0.1) is 0 Å². The van der Waals surface area contributed by atoms with Gasteiger partial charge >= 0.3 is 0 Å². The predicted octanol–water partition coefficient (Wildman–Crippen LogP) is 1.73. The highest BCUT2D eigenvalue weighted by molar-refractivity contribution is 5.81. The summed E-state index contributed by atoms with van der Waals surface area (Å²) in [5, 5.41) is 5.82. The van der Waals surface area contributed by atoms with E-state index in [1.165, 1.54) is 0 Å². The molecule has 1 atom stereocenters. The Kier molecular flexibility index (Phi) is 7.35. The lowest BCUT2D eigenvalue weighted by molar-refractivity contribution is -0.123. The molecule has 1 amide bonds. The monoisotopic (exact) mass is 278 g/mol. The highest BCUT2D eigenvalue weighted by atomic mass is 16.5. The van der Waals surface area contributed by atoms with Crippen LogP contribution in [0.15, 0.2) is 24.3 Å². The van der Waals surface area contributed by atoms with E-state index in [1.54, 1.807) is 24.3 Å². The molecule has 1 aliphatic rings. The Morgan fingerprint density at radius 2 is 2.10 bits per heavy atom. The first-order valence-electron chi connectivity index (χ1n) is 6.99. The van der Waals surface area contributed by atoms with Gasteiger partial charge in [-0.25, -0.2) is 0 Å². The minimum Gasteiger partial charge on any atom is -0.473 e. The molecule has 1 heterocycles. The lowest BCUT2D eigenvalue weighted by Crippen LogP contribution is -2.41. The van der Waals surface area contributed by atoms with Gasteiger partial charge in [-0.3, -0.25) is 9.59 Å². The molecular formula is C15H22N2O3. The Morgan fingerprint density at radius 1 is 1.40 bits per heavy atom. The molecule has 0 aliphatic carbocycles. The molecule has 20 heavy (non-hydrogen) atoms. The van der Waals surface area contributed by atoms with Gasteiger partial charge in [-0.05, 0) is 43.7 Å². The van der Waals surface area contributed by atoms with Crippen molar-refractivity contribution in [2.75, 3.05) is 13.3 Å². The summed E-state index contributed by atoms with van der Waals surface area (Å²) in [4.78, 5) is 22.1. The van der Waals surface area contributed by atoms with Crippen molar-refractivity contribution in [2.24, 2.45) is 0 Å². The third kappa shape index (κ3) is 5.01. The van der Waals surface area contributed by atoms with Crippen LogP contribution in [0.1, 0.15) is 37.0 Å². The molecule has 0 spiro atoms. The minimum absolute atomic E-state index is 0.0305. The molecule has 1 aromatic rings. The molecule has 0 saturated carbocycles. The van der Waals surface area contributed by atoms with Gasteiger partial charge in [-0.1, -0.05) is 13.8 Å². The van der Waals surface area contributed by atoms with Crippen LogP contribution in [0.5, 0.6) is 5.75 Å². The number of aldehydes is 1. The van der Waals surface area contributed by atoms with Gasteiger partial charge in [0.15, 0.2) is 6.73 Å². The van der Waals surface area contributed by atoms with Crippen LogP contribution in [-0.2, 0) is 4.79 Å². The minimum atomic E-state index is -0.0916. The van der Waals surface area contributed by atoms with Crippen LogP contribution < -0.4 is 15.4 Å². The van der Waals surface area contributed by atoms with Gasteiger partial charge in [0, 0.05) is 5.56 Å². The van der Waals surface area contributed by atoms with Crippen molar-refractivity contribution >= 4 is 12.2 Å². The first-order chi connectivity index (χ1) is 9.79. The highest BCUT2D eigenvalue weighted by Crippen LogP contribution is 2.10. The summed E-state index contributed by atoms with van der Waals surface area (Å²) in [6.07, 6.45) is 2.68. The maximum Gasteiger partial charge on any atom is 0.239 e. The van der Waals surface area contributed by atoms with E-state index < -0.39 is 0 Å². The maximum absolute atomic E-state index is 11.6. The Balaban J connectivity index is 0.000000956. The number of hydrogen-bond donors (Lipinski definition) is 2. The number of nitrogens with one attached hydrogen (secondary N) is 2. The van der Waals surface area contributed by atoms with Crippen LogP contribution in [0.4, 0.5) is 0 Å². The SMILES string of the molecule is CC.O=Cc1ccc(OCNC(=O)[C@@H]2CCCN2)cc1. The van der Waals surface area contributed by atoms with Gasteiger partial charge in [0.2, 0.25) is 5.91 Å². The van der Waals surface area contributed by atoms with Gasteiger partial charge in [-0.2, -0.15) is 0 Å². The van der Waals surface area contributed by atoms with Crippen LogP contribution in [0.3, 0.4) is 0 Å². The van der Waals surface area contributed by atoms with E-state index in [0.29, 0.717) is 11.3 Å². The van der Waals surface area contributed by atoms with Gasteiger partial charge in [0.25, 0.3) is 0 Å². The quantitative estimate of drug-likeness (QED) is 0.636. The summed E-state index contributed by atoms with van der Waals surface area (Å²) in [5.41, 5.74) is 0.599. The van der Waals surface area contributed by atoms with Crippen molar-refractivity contribution in [3.05, 3.63) is 29.8 Å². The number of ether oxygens (including phenoxy) is 1. The summed E-state index contributed by atoms with van der Waals surface area (Å²) in [7, 11) is 0. The number of amides is 1. The normalized spacial score (nSPS) is 16.8. The average Bonchev–Trinajstić information content (AvgIpc) is 3.04. The lowest BCUT2D eigenvalue weighted by atomic mass is 10.2. The summed E-state index contributed by atoms with van der Waals surface area (Å²) in [6.45, 7) is 5.03. The smallest absolute Gasteiger partial charge is 0.239 e. The number of carbonyl (C=O) groups is 2.